The second-order valence-corrected chi connectivity index (χ2v) is 6.88. The average molecular weight is 407 g/mol. The SMILES string of the molecule is C=CCNC(=S)Nc1cccc(NC(=O)C[C@@H]([NH2+]CCCCCC)C(=O)[O-])c1. The Bertz CT molecular complexity index is 667. The van der Waals surface area contributed by atoms with Crippen LogP contribution in [-0.4, -0.2) is 36.1 Å². The number of nitrogens with one attached hydrogen (secondary N) is 3. The lowest BCUT2D eigenvalue weighted by Crippen LogP contribution is -2.93. The number of carboxylic acids is 1. The highest BCUT2D eigenvalue weighted by molar-refractivity contribution is 7.80. The van der Waals surface area contributed by atoms with Crippen molar-refractivity contribution in [2.75, 3.05) is 23.7 Å². The summed E-state index contributed by atoms with van der Waals surface area (Å²) >= 11 is 5.15. The Labute approximate surface area is 172 Å². The van der Waals surface area contributed by atoms with Gasteiger partial charge in [0, 0.05) is 17.9 Å². The molecule has 0 heterocycles. The molecule has 0 bridgehead atoms. The average Bonchev–Trinajstić information content (AvgIpc) is 2.65. The number of hydrogen-bond donors (Lipinski definition) is 4. The molecule has 0 aliphatic heterocycles. The molecule has 1 aromatic carbocycles. The maximum Gasteiger partial charge on any atom is 0.230 e. The molecule has 154 valence electrons. The fourth-order valence-electron chi connectivity index (χ4n) is 2.58. The van der Waals surface area contributed by atoms with Gasteiger partial charge in [-0.1, -0.05) is 31.9 Å². The number of carboxylic acid groups (broad SMARTS) is 1. The van der Waals surface area contributed by atoms with E-state index in [1.807, 2.05) is 6.07 Å². The number of carbonyl (C=O) groups is 2. The van der Waals surface area contributed by atoms with Crippen LogP contribution in [0.25, 0.3) is 0 Å². The van der Waals surface area contributed by atoms with Gasteiger partial charge >= 0.3 is 0 Å². The predicted octanol–water partition coefficient (Wildman–Crippen LogP) is 0.750. The molecule has 8 heteroatoms. The van der Waals surface area contributed by atoms with Gasteiger partial charge < -0.3 is 31.2 Å². The number of aliphatic carboxylic acids is 1. The summed E-state index contributed by atoms with van der Waals surface area (Å²) in [5, 5.41) is 22.1. The third-order valence-corrected chi connectivity index (χ3v) is 4.27. The molecular formula is C20H30N4O3S. The van der Waals surface area contributed by atoms with Crippen LogP contribution in [0.5, 0.6) is 0 Å². The van der Waals surface area contributed by atoms with Crippen LogP contribution in [0.4, 0.5) is 11.4 Å². The number of anilines is 2. The van der Waals surface area contributed by atoms with Gasteiger partial charge in [0.05, 0.1) is 18.9 Å². The van der Waals surface area contributed by atoms with Gasteiger partial charge in [0.15, 0.2) is 5.11 Å². The zero-order valence-corrected chi connectivity index (χ0v) is 17.1. The van der Waals surface area contributed by atoms with Crippen LogP contribution in [0, 0.1) is 0 Å². The molecule has 0 saturated carbocycles. The minimum absolute atomic E-state index is 0.146. The molecule has 28 heavy (non-hydrogen) atoms. The van der Waals surface area contributed by atoms with E-state index in [1.165, 1.54) is 0 Å². The molecule has 1 aromatic rings. The Morgan fingerprint density at radius 3 is 2.61 bits per heavy atom. The summed E-state index contributed by atoms with van der Waals surface area (Å²) < 4.78 is 0. The highest BCUT2D eigenvalue weighted by Gasteiger charge is 2.18. The van der Waals surface area contributed by atoms with Crippen molar-refractivity contribution in [3.8, 4) is 0 Å². The second-order valence-electron chi connectivity index (χ2n) is 6.47. The first-order valence-corrected chi connectivity index (χ1v) is 9.97. The monoisotopic (exact) mass is 406 g/mol. The molecule has 0 aliphatic rings. The molecule has 0 aliphatic carbocycles. The van der Waals surface area contributed by atoms with Crippen LogP contribution >= 0.6 is 12.2 Å². The van der Waals surface area contributed by atoms with Crippen molar-refractivity contribution >= 4 is 40.6 Å². The van der Waals surface area contributed by atoms with Crippen molar-refractivity contribution in [3.63, 3.8) is 0 Å². The summed E-state index contributed by atoms with van der Waals surface area (Å²) in [4.78, 5) is 23.6. The van der Waals surface area contributed by atoms with Crippen molar-refractivity contribution in [1.82, 2.24) is 5.32 Å². The van der Waals surface area contributed by atoms with Crippen LogP contribution in [0.2, 0.25) is 0 Å². The smallest absolute Gasteiger partial charge is 0.230 e. The Hall–Kier alpha value is -2.45. The molecule has 1 amide bonds. The normalized spacial score (nSPS) is 11.3. The van der Waals surface area contributed by atoms with Gasteiger partial charge in [-0.2, -0.15) is 0 Å². The van der Waals surface area contributed by atoms with Crippen LogP contribution in [0.3, 0.4) is 0 Å². The summed E-state index contributed by atoms with van der Waals surface area (Å²) in [6.07, 6.45) is 5.78. The standard InChI is InChI=1S/C20H30N4O3S/c1-3-5-6-7-12-21-17(19(26)27)14-18(25)23-15-9-8-10-16(13-15)24-20(28)22-11-4-2/h4,8-10,13,17,21H,2-3,5-7,11-12,14H2,1H3,(H,23,25)(H,26,27)(H2,22,24,28)/t17-/m1/s1. The van der Waals surface area contributed by atoms with E-state index in [4.69, 9.17) is 12.2 Å². The molecule has 1 atom stereocenters. The quantitative estimate of drug-likeness (QED) is 0.219. The predicted molar refractivity (Wildman–Crippen MR) is 114 cm³/mol. The number of unbranched alkanes of at least 4 members (excludes halogenated alkanes) is 3. The van der Waals surface area contributed by atoms with E-state index in [9.17, 15) is 14.7 Å². The fraction of sp³-hybridized carbons (Fsp3) is 0.450. The minimum atomic E-state index is -1.22. The molecule has 5 N–H and O–H groups in total. The number of nitrogens with two attached hydrogens (primary N) is 1. The summed E-state index contributed by atoms with van der Waals surface area (Å²) in [5.41, 5.74) is 1.26. The molecule has 1 rings (SSSR count). The van der Waals surface area contributed by atoms with Crippen molar-refractivity contribution < 1.29 is 20.0 Å². The number of thiocarbonyl (C=S) groups is 1. The van der Waals surface area contributed by atoms with Gasteiger partial charge in [0.1, 0.15) is 6.04 Å². The van der Waals surface area contributed by atoms with Gasteiger partial charge in [0.25, 0.3) is 0 Å². The van der Waals surface area contributed by atoms with Gasteiger partial charge in [-0.3, -0.25) is 4.79 Å². The van der Waals surface area contributed by atoms with Crippen molar-refractivity contribution in [3.05, 3.63) is 36.9 Å². The Morgan fingerprint density at radius 2 is 1.96 bits per heavy atom. The lowest BCUT2D eigenvalue weighted by molar-refractivity contribution is -0.682. The summed E-state index contributed by atoms with van der Waals surface area (Å²) in [6, 6.07) is 6.14. The molecule has 0 spiro atoms. The van der Waals surface area contributed by atoms with Crippen LogP contribution in [0.1, 0.15) is 39.0 Å². The largest absolute Gasteiger partial charge is 0.544 e. The second kappa shape index (κ2) is 13.7. The van der Waals surface area contributed by atoms with Crippen LogP contribution in [-0.2, 0) is 9.59 Å². The van der Waals surface area contributed by atoms with E-state index in [0.717, 1.165) is 25.7 Å². The zero-order valence-electron chi connectivity index (χ0n) is 16.3. The van der Waals surface area contributed by atoms with Gasteiger partial charge in [-0.15, -0.1) is 6.58 Å². The van der Waals surface area contributed by atoms with Crippen LogP contribution in [0.15, 0.2) is 36.9 Å². The summed E-state index contributed by atoms with van der Waals surface area (Å²) in [5.74, 6) is -1.59. The van der Waals surface area contributed by atoms with Gasteiger partial charge in [-0.25, -0.2) is 0 Å². The molecule has 0 aromatic heterocycles. The Balaban J connectivity index is 2.53. The molecule has 7 nitrogen and oxygen atoms in total. The number of benzene rings is 1. The maximum atomic E-state index is 12.2. The van der Waals surface area contributed by atoms with Crippen LogP contribution < -0.4 is 26.4 Å². The van der Waals surface area contributed by atoms with E-state index in [0.29, 0.717) is 29.6 Å². The number of quaternary nitrogens is 1. The molecule has 0 fully saturated rings. The third-order valence-electron chi connectivity index (χ3n) is 4.03. The fourth-order valence-corrected chi connectivity index (χ4v) is 2.78. The van der Waals surface area contributed by atoms with Crippen molar-refractivity contribution in [1.29, 1.82) is 0 Å². The number of amides is 1. The van der Waals surface area contributed by atoms with E-state index in [1.54, 1.807) is 29.6 Å². The summed E-state index contributed by atoms with van der Waals surface area (Å²) in [6.45, 7) is 6.94. The zero-order chi connectivity index (χ0) is 20.8. The van der Waals surface area contributed by atoms with Crippen molar-refractivity contribution in [2.45, 2.75) is 45.1 Å². The van der Waals surface area contributed by atoms with E-state index >= 15 is 0 Å². The van der Waals surface area contributed by atoms with E-state index < -0.39 is 12.0 Å². The van der Waals surface area contributed by atoms with Gasteiger partial charge in [0.2, 0.25) is 5.91 Å². The first-order valence-electron chi connectivity index (χ1n) is 9.56. The third kappa shape index (κ3) is 10.0. The molecular weight excluding hydrogens is 376 g/mol. The Morgan fingerprint density at radius 1 is 1.25 bits per heavy atom. The molecule has 0 unspecified atom stereocenters. The lowest BCUT2D eigenvalue weighted by atomic mass is 10.1. The van der Waals surface area contributed by atoms with Crippen molar-refractivity contribution in [2.24, 2.45) is 0 Å². The lowest BCUT2D eigenvalue weighted by Gasteiger charge is -2.16. The topological polar surface area (TPSA) is 110 Å². The first kappa shape index (κ1) is 23.6. The van der Waals surface area contributed by atoms with E-state index in [2.05, 4.69) is 29.5 Å². The number of hydrogen-bond acceptors (Lipinski definition) is 4. The molecule has 0 saturated heterocycles. The number of carbonyl (C=O) groups excluding carboxylic acids is 2. The Kier molecular flexibility index (Phi) is 11.5. The van der Waals surface area contributed by atoms with E-state index in [-0.39, 0.29) is 12.3 Å². The summed E-state index contributed by atoms with van der Waals surface area (Å²) in [7, 11) is 0. The number of rotatable bonds is 13. The highest BCUT2D eigenvalue weighted by Crippen LogP contribution is 2.15. The van der Waals surface area contributed by atoms with Gasteiger partial charge in [-0.05, 0) is 43.3 Å². The first-order chi connectivity index (χ1) is 13.5. The maximum absolute atomic E-state index is 12.2. The molecule has 0 radical (unpaired) electrons. The minimum Gasteiger partial charge on any atom is -0.544 e. The highest BCUT2D eigenvalue weighted by atomic mass is 32.1.